The van der Waals surface area contributed by atoms with Gasteiger partial charge in [-0.1, -0.05) is 30.3 Å². The average molecular weight is 419 g/mol. The molecule has 0 saturated heterocycles. The Morgan fingerprint density at radius 3 is 2.62 bits per heavy atom. The lowest BCUT2D eigenvalue weighted by Crippen LogP contribution is -2.39. The maximum Gasteiger partial charge on any atom is 0.350 e. The molecule has 2 aromatic rings. The van der Waals surface area contributed by atoms with Crippen molar-refractivity contribution in [1.82, 2.24) is 15.6 Å². The summed E-state index contributed by atoms with van der Waals surface area (Å²) in [5.74, 6) is 0.343. The number of hydrogen-bond acceptors (Lipinski definition) is 6. The molecule has 158 valence electrons. The molecule has 1 aromatic heterocycles. The summed E-state index contributed by atoms with van der Waals surface area (Å²) in [6.07, 6.45) is -0.125. The van der Waals surface area contributed by atoms with Crippen molar-refractivity contribution in [2.45, 2.75) is 39.8 Å². The fourth-order valence-electron chi connectivity index (χ4n) is 2.73. The van der Waals surface area contributed by atoms with Crippen LogP contribution in [0.5, 0.6) is 0 Å². The van der Waals surface area contributed by atoms with Crippen molar-refractivity contribution in [3.05, 3.63) is 51.5 Å². The number of benzene rings is 1. The van der Waals surface area contributed by atoms with E-state index in [-0.39, 0.29) is 18.1 Å². The van der Waals surface area contributed by atoms with E-state index in [4.69, 9.17) is 9.47 Å². The molecule has 2 unspecified atom stereocenters. The summed E-state index contributed by atoms with van der Waals surface area (Å²) in [5, 5.41) is 7.41. The Kier molecular flexibility index (Phi) is 9.08. The monoisotopic (exact) mass is 418 g/mol. The molecular formula is C21H30N4O3S. The lowest BCUT2D eigenvalue weighted by molar-refractivity contribution is 0.0531. The fourth-order valence-corrected chi connectivity index (χ4v) is 3.70. The summed E-state index contributed by atoms with van der Waals surface area (Å²) >= 11 is 1.35. The molecular weight excluding hydrogens is 388 g/mol. The Hall–Kier alpha value is -2.45. The zero-order valence-corrected chi connectivity index (χ0v) is 18.5. The number of nitrogens with zero attached hydrogens (tertiary/aromatic N) is 2. The fraction of sp³-hybridized carbons (Fsp3) is 0.476. The molecule has 7 nitrogen and oxygen atoms in total. The van der Waals surface area contributed by atoms with Gasteiger partial charge in [0.1, 0.15) is 16.0 Å². The van der Waals surface area contributed by atoms with Crippen LogP contribution in [0, 0.1) is 6.92 Å². The molecule has 0 radical (unpaired) electrons. The van der Waals surface area contributed by atoms with Gasteiger partial charge in [-0.15, -0.1) is 11.3 Å². The normalized spacial score (nSPS) is 13.6. The highest BCUT2D eigenvalue weighted by Gasteiger charge is 2.20. The summed E-state index contributed by atoms with van der Waals surface area (Å²) in [6, 6.07) is 9.90. The van der Waals surface area contributed by atoms with Crippen molar-refractivity contribution in [3.63, 3.8) is 0 Å². The van der Waals surface area contributed by atoms with E-state index in [1.54, 1.807) is 14.0 Å². The Bertz CT molecular complexity index is 808. The first-order valence-electron chi connectivity index (χ1n) is 9.77. The molecule has 2 N–H and O–H groups in total. The van der Waals surface area contributed by atoms with Crippen LogP contribution in [0.4, 0.5) is 0 Å². The largest absolute Gasteiger partial charge is 0.462 e. The molecule has 0 bridgehead atoms. The number of aromatic nitrogens is 1. The Balaban J connectivity index is 2.10. The number of nitrogens with one attached hydrogen (secondary N) is 2. The number of thiazole rings is 1. The molecule has 0 fully saturated rings. The molecule has 1 aromatic carbocycles. The van der Waals surface area contributed by atoms with E-state index >= 15 is 0 Å². The smallest absolute Gasteiger partial charge is 0.350 e. The van der Waals surface area contributed by atoms with Crippen LogP contribution >= 0.6 is 11.3 Å². The van der Waals surface area contributed by atoms with Crippen LogP contribution in [0.3, 0.4) is 0 Å². The number of aryl methyl sites for hydroxylation is 1. The third kappa shape index (κ3) is 6.54. The van der Waals surface area contributed by atoms with E-state index in [1.165, 1.54) is 11.3 Å². The Morgan fingerprint density at radius 2 is 2.00 bits per heavy atom. The van der Waals surface area contributed by atoms with Gasteiger partial charge in [0, 0.05) is 13.7 Å². The molecule has 0 saturated carbocycles. The van der Waals surface area contributed by atoms with Gasteiger partial charge in [0.05, 0.1) is 24.9 Å². The summed E-state index contributed by atoms with van der Waals surface area (Å²) in [7, 11) is 1.69. The van der Waals surface area contributed by atoms with Crippen LogP contribution in [0.2, 0.25) is 0 Å². The molecule has 0 spiro atoms. The first kappa shape index (κ1) is 22.8. The zero-order chi connectivity index (χ0) is 21.2. The van der Waals surface area contributed by atoms with Crippen molar-refractivity contribution in [2.24, 2.45) is 4.99 Å². The highest BCUT2D eigenvalue weighted by Crippen LogP contribution is 2.24. The van der Waals surface area contributed by atoms with Gasteiger partial charge in [-0.05, 0) is 33.3 Å². The van der Waals surface area contributed by atoms with Crippen molar-refractivity contribution in [2.75, 3.05) is 26.8 Å². The van der Waals surface area contributed by atoms with Crippen molar-refractivity contribution < 1.29 is 14.3 Å². The SMILES string of the molecule is CCNC(=NCC(OC)c1ccccc1)NC(C)c1nc(C)c(C(=O)OCC)s1. The van der Waals surface area contributed by atoms with Crippen LogP contribution < -0.4 is 10.6 Å². The van der Waals surface area contributed by atoms with E-state index in [1.807, 2.05) is 51.1 Å². The number of rotatable bonds is 9. The molecule has 0 aliphatic heterocycles. The number of esters is 1. The number of methoxy groups -OCH3 is 1. The molecule has 1 heterocycles. The molecule has 2 atom stereocenters. The number of hydrogen-bond donors (Lipinski definition) is 2. The van der Waals surface area contributed by atoms with Gasteiger partial charge < -0.3 is 20.1 Å². The maximum atomic E-state index is 12.0. The molecule has 0 aliphatic rings. The second-order valence-electron chi connectivity index (χ2n) is 6.41. The summed E-state index contributed by atoms with van der Waals surface area (Å²) in [4.78, 5) is 21.8. The third-order valence-electron chi connectivity index (χ3n) is 4.21. The highest BCUT2D eigenvalue weighted by molar-refractivity contribution is 7.13. The lowest BCUT2D eigenvalue weighted by atomic mass is 10.1. The second kappa shape index (κ2) is 11.5. The average Bonchev–Trinajstić information content (AvgIpc) is 3.11. The Morgan fingerprint density at radius 1 is 1.28 bits per heavy atom. The van der Waals surface area contributed by atoms with Gasteiger partial charge >= 0.3 is 5.97 Å². The highest BCUT2D eigenvalue weighted by atomic mass is 32.1. The van der Waals surface area contributed by atoms with Crippen LogP contribution in [0.15, 0.2) is 35.3 Å². The Labute approximate surface area is 176 Å². The second-order valence-corrected chi connectivity index (χ2v) is 7.44. The van der Waals surface area contributed by atoms with Crippen LogP contribution in [0.1, 0.15) is 58.9 Å². The third-order valence-corrected chi connectivity index (χ3v) is 5.53. The van der Waals surface area contributed by atoms with E-state index < -0.39 is 0 Å². The van der Waals surface area contributed by atoms with Crippen LogP contribution in [-0.4, -0.2) is 43.7 Å². The zero-order valence-electron chi connectivity index (χ0n) is 17.7. The number of carbonyl (C=O) groups excluding carboxylic acids is 1. The number of aliphatic imine (C=N–C) groups is 1. The van der Waals surface area contributed by atoms with Crippen molar-refractivity contribution >= 4 is 23.3 Å². The van der Waals surface area contributed by atoms with Gasteiger partial charge in [-0.25, -0.2) is 9.78 Å². The maximum absolute atomic E-state index is 12.0. The summed E-state index contributed by atoms with van der Waals surface area (Å²) in [6.45, 7) is 9.17. The molecule has 29 heavy (non-hydrogen) atoms. The summed E-state index contributed by atoms with van der Waals surface area (Å²) in [5.41, 5.74) is 1.76. The van der Waals surface area contributed by atoms with Gasteiger partial charge in [-0.3, -0.25) is 4.99 Å². The quantitative estimate of drug-likeness (QED) is 0.367. The summed E-state index contributed by atoms with van der Waals surface area (Å²) < 4.78 is 10.7. The van der Waals surface area contributed by atoms with Gasteiger partial charge in [-0.2, -0.15) is 0 Å². The van der Waals surface area contributed by atoms with E-state index in [0.717, 1.165) is 17.1 Å². The minimum atomic E-state index is -0.327. The molecule has 0 amide bonds. The van der Waals surface area contributed by atoms with Crippen LogP contribution in [0.25, 0.3) is 0 Å². The molecule has 8 heteroatoms. The number of ether oxygens (including phenoxy) is 2. The van der Waals surface area contributed by atoms with E-state index in [9.17, 15) is 4.79 Å². The van der Waals surface area contributed by atoms with Gasteiger partial charge in [0.2, 0.25) is 0 Å². The molecule has 2 rings (SSSR count). The van der Waals surface area contributed by atoms with E-state index in [0.29, 0.717) is 29.7 Å². The predicted octanol–water partition coefficient (Wildman–Crippen LogP) is 3.63. The minimum absolute atomic E-state index is 0.114. The standard InChI is InChI=1S/C21H30N4O3S/c1-6-22-21(23-13-17(27-5)16-11-9-8-10-12-16)25-15(4)19-24-14(3)18(29-19)20(26)28-7-2/h8-12,15,17H,6-7,13H2,1-5H3,(H2,22,23,25). The van der Waals surface area contributed by atoms with E-state index in [2.05, 4.69) is 20.6 Å². The van der Waals surface area contributed by atoms with Crippen molar-refractivity contribution in [1.29, 1.82) is 0 Å². The molecule has 0 aliphatic carbocycles. The first-order chi connectivity index (χ1) is 14.0. The first-order valence-corrected chi connectivity index (χ1v) is 10.6. The topological polar surface area (TPSA) is 84.8 Å². The number of carbonyl (C=O) groups is 1. The predicted molar refractivity (Wildman–Crippen MR) is 117 cm³/mol. The minimum Gasteiger partial charge on any atom is -0.462 e. The lowest BCUT2D eigenvalue weighted by Gasteiger charge is -2.18. The van der Waals surface area contributed by atoms with Crippen molar-refractivity contribution in [3.8, 4) is 0 Å². The number of guanidine groups is 1. The van der Waals surface area contributed by atoms with Crippen LogP contribution in [-0.2, 0) is 9.47 Å². The van der Waals surface area contributed by atoms with Gasteiger partial charge in [0.15, 0.2) is 5.96 Å². The van der Waals surface area contributed by atoms with Gasteiger partial charge in [0.25, 0.3) is 0 Å².